The summed E-state index contributed by atoms with van der Waals surface area (Å²) in [6, 6.07) is 3.38. The minimum absolute atomic E-state index is 0.0227. The summed E-state index contributed by atoms with van der Waals surface area (Å²) in [6.45, 7) is -0.918. The predicted molar refractivity (Wildman–Crippen MR) is 111 cm³/mol. The molecule has 1 aromatic carbocycles. The molecule has 1 fully saturated rings. The molecule has 1 saturated heterocycles. The van der Waals surface area contributed by atoms with Crippen molar-refractivity contribution in [3.63, 3.8) is 0 Å². The SMILES string of the molecule is O=C(Nc1cnn(CC(F)F)c1[C@H]1CCC[C@@H](F)CO1)c1csc(-c2c(F)cccc2F)n1. The summed E-state index contributed by atoms with van der Waals surface area (Å²) in [4.78, 5) is 16.8. The van der Waals surface area contributed by atoms with Crippen LogP contribution < -0.4 is 5.32 Å². The van der Waals surface area contributed by atoms with Gasteiger partial charge >= 0.3 is 0 Å². The fourth-order valence-corrected chi connectivity index (χ4v) is 4.46. The molecule has 0 radical (unpaired) electrons. The fourth-order valence-electron chi connectivity index (χ4n) is 3.62. The topological polar surface area (TPSA) is 69.0 Å². The number of ether oxygens (including phenoxy) is 1. The van der Waals surface area contributed by atoms with Crippen LogP contribution in [0.5, 0.6) is 0 Å². The van der Waals surface area contributed by atoms with Crippen molar-refractivity contribution in [1.29, 1.82) is 0 Å². The van der Waals surface area contributed by atoms with Crippen LogP contribution in [-0.2, 0) is 11.3 Å². The summed E-state index contributed by atoms with van der Waals surface area (Å²) in [5.41, 5.74) is -0.140. The fraction of sp³-hybridized carbons (Fsp3) is 0.381. The van der Waals surface area contributed by atoms with Crippen molar-refractivity contribution in [2.24, 2.45) is 0 Å². The number of alkyl halides is 3. The van der Waals surface area contributed by atoms with Gasteiger partial charge < -0.3 is 10.1 Å². The van der Waals surface area contributed by atoms with Crippen LogP contribution in [0.25, 0.3) is 10.6 Å². The molecule has 1 amide bonds. The van der Waals surface area contributed by atoms with Crippen LogP contribution in [-0.4, -0.2) is 39.9 Å². The molecule has 0 bridgehead atoms. The molecule has 0 saturated carbocycles. The number of aromatic nitrogens is 3. The van der Waals surface area contributed by atoms with E-state index in [4.69, 9.17) is 4.74 Å². The summed E-state index contributed by atoms with van der Waals surface area (Å²) >= 11 is 0.880. The highest BCUT2D eigenvalue weighted by molar-refractivity contribution is 7.13. The zero-order valence-electron chi connectivity index (χ0n) is 17.1. The first-order chi connectivity index (χ1) is 15.8. The maximum absolute atomic E-state index is 14.0. The minimum Gasteiger partial charge on any atom is -0.369 e. The normalized spacial score (nSPS) is 19.0. The predicted octanol–water partition coefficient (Wildman–Crippen LogP) is 5.38. The smallest absolute Gasteiger partial charge is 0.275 e. The first kappa shape index (κ1) is 23.3. The third kappa shape index (κ3) is 5.22. The lowest BCUT2D eigenvalue weighted by molar-refractivity contribution is 0.0234. The van der Waals surface area contributed by atoms with Gasteiger partial charge in [-0.15, -0.1) is 11.3 Å². The summed E-state index contributed by atoms with van der Waals surface area (Å²) in [7, 11) is 0. The van der Waals surface area contributed by atoms with Crippen molar-refractivity contribution in [3.05, 3.63) is 52.8 Å². The van der Waals surface area contributed by atoms with Gasteiger partial charge in [0.2, 0.25) is 0 Å². The van der Waals surface area contributed by atoms with Gasteiger partial charge in [-0.25, -0.2) is 26.9 Å². The van der Waals surface area contributed by atoms with Crippen molar-refractivity contribution in [1.82, 2.24) is 14.8 Å². The molecular formula is C21H19F5N4O2S. The van der Waals surface area contributed by atoms with Gasteiger partial charge in [0.15, 0.2) is 0 Å². The van der Waals surface area contributed by atoms with E-state index in [9.17, 15) is 26.7 Å². The second-order valence-corrected chi connectivity index (χ2v) is 8.31. The standard InChI is InChI=1S/C21H19F5N4O2S/c22-11-3-1-6-16(32-9-11)19-14(7-27-30(19)8-17(25)26)28-20(31)15-10-33-21(29-15)18-12(23)4-2-5-13(18)24/h2,4-5,7,10-11,16-17H,1,3,6,8-9H2,(H,28,31)/t11-,16-/m1/s1. The molecule has 176 valence electrons. The van der Waals surface area contributed by atoms with E-state index in [0.717, 1.165) is 28.2 Å². The van der Waals surface area contributed by atoms with E-state index in [2.05, 4.69) is 15.4 Å². The average Bonchev–Trinajstić information content (AvgIpc) is 3.32. The third-order valence-corrected chi connectivity index (χ3v) is 5.98. The number of nitrogens with one attached hydrogen (secondary N) is 1. The third-order valence-electron chi connectivity index (χ3n) is 5.12. The molecule has 1 aliphatic rings. The lowest BCUT2D eigenvalue weighted by Gasteiger charge is -2.19. The van der Waals surface area contributed by atoms with Crippen molar-refractivity contribution < 1.29 is 31.5 Å². The zero-order valence-corrected chi connectivity index (χ0v) is 17.9. The Labute approximate surface area is 189 Å². The van der Waals surface area contributed by atoms with E-state index in [-0.39, 0.29) is 40.7 Å². The Morgan fingerprint density at radius 1 is 1.27 bits per heavy atom. The average molecular weight is 486 g/mol. The Kier molecular flexibility index (Phi) is 7.03. The molecule has 33 heavy (non-hydrogen) atoms. The molecule has 3 aromatic rings. The van der Waals surface area contributed by atoms with Crippen LogP contribution in [0, 0.1) is 11.6 Å². The molecule has 12 heteroatoms. The molecule has 0 aliphatic carbocycles. The number of carbonyl (C=O) groups is 1. The number of anilines is 1. The number of hydrogen-bond acceptors (Lipinski definition) is 5. The van der Waals surface area contributed by atoms with Crippen LogP contribution in [0.3, 0.4) is 0 Å². The van der Waals surface area contributed by atoms with E-state index in [1.807, 2.05) is 0 Å². The summed E-state index contributed by atoms with van der Waals surface area (Å²) in [5.74, 6) is -2.35. The monoisotopic (exact) mass is 486 g/mol. The van der Waals surface area contributed by atoms with E-state index >= 15 is 0 Å². The number of carbonyl (C=O) groups excluding carboxylic acids is 1. The number of nitrogens with zero attached hydrogens (tertiary/aromatic N) is 3. The number of benzene rings is 1. The molecule has 1 aliphatic heterocycles. The quantitative estimate of drug-likeness (QED) is 0.475. The van der Waals surface area contributed by atoms with E-state index in [0.29, 0.717) is 12.8 Å². The highest BCUT2D eigenvalue weighted by Gasteiger charge is 2.28. The highest BCUT2D eigenvalue weighted by atomic mass is 32.1. The Hall–Kier alpha value is -2.86. The van der Waals surface area contributed by atoms with E-state index in [1.54, 1.807) is 0 Å². The van der Waals surface area contributed by atoms with Crippen LogP contribution >= 0.6 is 11.3 Å². The molecule has 4 rings (SSSR count). The van der Waals surface area contributed by atoms with Gasteiger partial charge in [0, 0.05) is 5.38 Å². The maximum atomic E-state index is 14.0. The summed E-state index contributed by atoms with van der Waals surface area (Å²) in [6.07, 6.45) is -2.26. The van der Waals surface area contributed by atoms with Crippen LogP contribution in [0.1, 0.15) is 41.5 Å². The second-order valence-electron chi connectivity index (χ2n) is 7.46. The number of thiazole rings is 1. The lowest BCUT2D eigenvalue weighted by Crippen LogP contribution is -2.19. The van der Waals surface area contributed by atoms with Gasteiger partial charge in [-0.2, -0.15) is 5.10 Å². The number of halogens is 5. The first-order valence-electron chi connectivity index (χ1n) is 10.1. The number of rotatable bonds is 6. The molecule has 6 nitrogen and oxygen atoms in total. The molecule has 0 unspecified atom stereocenters. The second kappa shape index (κ2) is 9.96. The Morgan fingerprint density at radius 2 is 2.03 bits per heavy atom. The van der Waals surface area contributed by atoms with Gasteiger partial charge in [-0.1, -0.05) is 6.07 Å². The van der Waals surface area contributed by atoms with Crippen molar-refractivity contribution >= 4 is 22.9 Å². The van der Waals surface area contributed by atoms with Gasteiger partial charge in [0.1, 0.15) is 41.2 Å². The number of amides is 1. The Morgan fingerprint density at radius 3 is 2.76 bits per heavy atom. The van der Waals surface area contributed by atoms with Crippen molar-refractivity contribution in [3.8, 4) is 10.6 Å². The van der Waals surface area contributed by atoms with E-state index < -0.39 is 42.8 Å². The van der Waals surface area contributed by atoms with Gasteiger partial charge in [0.05, 0.1) is 29.7 Å². The number of hydrogen-bond donors (Lipinski definition) is 1. The van der Waals surface area contributed by atoms with Crippen molar-refractivity contribution in [2.75, 3.05) is 11.9 Å². The largest absolute Gasteiger partial charge is 0.369 e. The maximum Gasteiger partial charge on any atom is 0.275 e. The molecule has 1 N–H and O–H groups in total. The summed E-state index contributed by atoms with van der Waals surface area (Å²) in [5, 5.41) is 7.80. The first-order valence-corrected chi connectivity index (χ1v) is 11.0. The van der Waals surface area contributed by atoms with Gasteiger partial charge in [-0.05, 0) is 31.4 Å². The Balaban J connectivity index is 1.59. The molecule has 0 spiro atoms. The molecule has 2 aromatic heterocycles. The van der Waals surface area contributed by atoms with Crippen LogP contribution in [0.15, 0.2) is 29.8 Å². The van der Waals surface area contributed by atoms with Gasteiger partial charge in [0.25, 0.3) is 12.3 Å². The van der Waals surface area contributed by atoms with Gasteiger partial charge in [-0.3, -0.25) is 9.48 Å². The van der Waals surface area contributed by atoms with Crippen molar-refractivity contribution in [2.45, 2.75) is 44.5 Å². The van der Waals surface area contributed by atoms with E-state index in [1.165, 1.54) is 17.6 Å². The molecule has 2 atom stereocenters. The molecular weight excluding hydrogens is 467 g/mol. The lowest BCUT2D eigenvalue weighted by atomic mass is 10.1. The molecule has 3 heterocycles. The minimum atomic E-state index is -2.70. The van der Waals surface area contributed by atoms with Crippen LogP contribution in [0.4, 0.5) is 27.6 Å². The van der Waals surface area contributed by atoms with Crippen LogP contribution in [0.2, 0.25) is 0 Å². The zero-order chi connectivity index (χ0) is 23.5. The summed E-state index contributed by atoms with van der Waals surface area (Å²) < 4.78 is 74.5. The Bertz CT molecular complexity index is 1120. The highest BCUT2D eigenvalue weighted by Crippen LogP contribution is 2.34.